The number of nitrogens with one attached hydrogen (secondary N) is 1. The molecule has 0 spiro atoms. The first-order valence-electron chi connectivity index (χ1n) is 7.90. The molecule has 5 nitrogen and oxygen atoms in total. The lowest BCUT2D eigenvalue weighted by atomic mass is 10.1. The van der Waals surface area contributed by atoms with Crippen LogP contribution in [-0.2, 0) is 20.7 Å². The molecular weight excluding hydrogens is 294 g/mol. The predicted molar refractivity (Wildman–Crippen MR) is 87.1 cm³/mol. The van der Waals surface area contributed by atoms with Crippen LogP contribution in [0.5, 0.6) is 5.75 Å². The second kappa shape index (κ2) is 8.98. The Labute approximate surface area is 136 Å². The maximum Gasteiger partial charge on any atom is 0.306 e. The topological polar surface area (TPSA) is 64.6 Å². The second-order valence-electron chi connectivity index (χ2n) is 5.54. The maximum absolute atomic E-state index is 11.7. The van der Waals surface area contributed by atoms with Crippen LogP contribution in [0.3, 0.4) is 0 Å². The monoisotopic (exact) mass is 317 g/mol. The number of para-hydroxylation sites is 1. The fourth-order valence-corrected chi connectivity index (χ4v) is 2.58. The summed E-state index contributed by atoms with van der Waals surface area (Å²) < 4.78 is 10.3. The van der Waals surface area contributed by atoms with Crippen molar-refractivity contribution in [2.24, 2.45) is 5.92 Å². The van der Waals surface area contributed by atoms with E-state index in [0.29, 0.717) is 19.4 Å². The Morgan fingerprint density at radius 2 is 2.13 bits per heavy atom. The lowest BCUT2D eigenvalue weighted by Gasteiger charge is -2.10. The predicted octanol–water partition coefficient (Wildman–Crippen LogP) is 2.25. The molecule has 0 aromatic heterocycles. The van der Waals surface area contributed by atoms with Gasteiger partial charge in [0, 0.05) is 6.54 Å². The Kier molecular flexibility index (Phi) is 6.66. The van der Waals surface area contributed by atoms with Crippen LogP contribution in [0.4, 0.5) is 0 Å². The van der Waals surface area contributed by atoms with Crippen molar-refractivity contribution in [2.75, 3.05) is 20.3 Å². The maximum atomic E-state index is 11.7. The molecule has 0 radical (unpaired) electrons. The normalized spacial score (nSPS) is 16.1. The molecule has 1 aliphatic carbocycles. The summed E-state index contributed by atoms with van der Waals surface area (Å²) in [5.41, 5.74) is 1.03. The summed E-state index contributed by atoms with van der Waals surface area (Å²) >= 11 is 0. The van der Waals surface area contributed by atoms with Crippen molar-refractivity contribution < 1.29 is 19.1 Å². The minimum absolute atomic E-state index is 0.221. The van der Waals surface area contributed by atoms with Gasteiger partial charge >= 0.3 is 5.97 Å². The molecule has 0 aliphatic heterocycles. The minimum Gasteiger partial charge on any atom is -0.496 e. The van der Waals surface area contributed by atoms with Crippen molar-refractivity contribution in [3.05, 3.63) is 42.0 Å². The van der Waals surface area contributed by atoms with E-state index in [1.807, 2.05) is 30.3 Å². The van der Waals surface area contributed by atoms with Gasteiger partial charge in [0.15, 0.2) is 6.61 Å². The highest BCUT2D eigenvalue weighted by Crippen LogP contribution is 2.20. The Morgan fingerprint density at radius 1 is 1.30 bits per heavy atom. The molecule has 0 saturated heterocycles. The van der Waals surface area contributed by atoms with Gasteiger partial charge in [0.05, 0.1) is 13.5 Å². The van der Waals surface area contributed by atoms with Crippen LogP contribution in [0.2, 0.25) is 0 Å². The van der Waals surface area contributed by atoms with Gasteiger partial charge in [0.25, 0.3) is 5.91 Å². The number of amides is 1. The van der Waals surface area contributed by atoms with Crippen molar-refractivity contribution in [1.82, 2.24) is 5.32 Å². The van der Waals surface area contributed by atoms with E-state index in [2.05, 4.69) is 11.4 Å². The molecule has 23 heavy (non-hydrogen) atoms. The molecule has 2 rings (SSSR count). The van der Waals surface area contributed by atoms with Gasteiger partial charge in [-0.3, -0.25) is 9.59 Å². The number of methoxy groups -OCH3 is 1. The molecule has 1 amide bonds. The number of hydrogen-bond donors (Lipinski definition) is 1. The number of hydrogen-bond acceptors (Lipinski definition) is 4. The van der Waals surface area contributed by atoms with E-state index in [1.54, 1.807) is 7.11 Å². The number of esters is 1. The summed E-state index contributed by atoms with van der Waals surface area (Å²) in [6, 6.07) is 7.68. The van der Waals surface area contributed by atoms with Crippen molar-refractivity contribution in [1.29, 1.82) is 0 Å². The number of ether oxygens (including phenoxy) is 2. The van der Waals surface area contributed by atoms with Crippen molar-refractivity contribution in [2.45, 2.75) is 25.7 Å². The van der Waals surface area contributed by atoms with E-state index in [9.17, 15) is 9.59 Å². The van der Waals surface area contributed by atoms with E-state index in [0.717, 1.165) is 24.2 Å². The third-order valence-electron chi connectivity index (χ3n) is 3.81. The van der Waals surface area contributed by atoms with Gasteiger partial charge in [0.1, 0.15) is 5.75 Å². The number of allylic oxidation sites excluding steroid dienone is 2. The Morgan fingerprint density at radius 3 is 2.87 bits per heavy atom. The fraction of sp³-hybridized carbons (Fsp3) is 0.444. The highest BCUT2D eigenvalue weighted by atomic mass is 16.5. The second-order valence-corrected chi connectivity index (χ2v) is 5.54. The molecule has 0 unspecified atom stereocenters. The van der Waals surface area contributed by atoms with Crippen molar-refractivity contribution >= 4 is 11.9 Å². The van der Waals surface area contributed by atoms with Crippen molar-refractivity contribution in [3.63, 3.8) is 0 Å². The molecule has 0 heterocycles. The average molecular weight is 317 g/mol. The lowest BCUT2D eigenvalue weighted by molar-refractivity contribution is -0.149. The van der Waals surface area contributed by atoms with Crippen LogP contribution in [0.25, 0.3) is 0 Å². The van der Waals surface area contributed by atoms with Crippen LogP contribution >= 0.6 is 0 Å². The van der Waals surface area contributed by atoms with Gasteiger partial charge in [-0.15, -0.1) is 0 Å². The molecule has 1 atom stereocenters. The van der Waals surface area contributed by atoms with E-state index >= 15 is 0 Å². The summed E-state index contributed by atoms with van der Waals surface area (Å²) in [5, 5.41) is 2.75. The third-order valence-corrected chi connectivity index (χ3v) is 3.81. The number of carbonyl (C=O) groups is 2. The molecule has 1 aromatic carbocycles. The first kappa shape index (κ1) is 17.1. The highest BCUT2D eigenvalue weighted by molar-refractivity contribution is 5.80. The molecular formula is C18H23NO4. The highest BCUT2D eigenvalue weighted by Gasteiger charge is 2.15. The van der Waals surface area contributed by atoms with Crippen LogP contribution < -0.4 is 10.1 Å². The summed E-state index contributed by atoms with van der Waals surface area (Å²) in [6.07, 6.45) is 7.13. The zero-order chi connectivity index (χ0) is 16.5. The fourth-order valence-electron chi connectivity index (χ4n) is 2.58. The largest absolute Gasteiger partial charge is 0.496 e. The summed E-state index contributed by atoms with van der Waals surface area (Å²) in [5.74, 6) is 0.463. The molecule has 124 valence electrons. The molecule has 0 saturated carbocycles. The Bertz CT molecular complexity index is 568. The van der Waals surface area contributed by atoms with Gasteiger partial charge in [-0.05, 0) is 36.8 Å². The Balaban J connectivity index is 1.63. The van der Waals surface area contributed by atoms with E-state index in [4.69, 9.17) is 9.47 Å². The smallest absolute Gasteiger partial charge is 0.306 e. The zero-order valence-corrected chi connectivity index (χ0v) is 13.4. The van der Waals surface area contributed by atoms with Crippen LogP contribution in [0.1, 0.15) is 24.8 Å². The van der Waals surface area contributed by atoms with Crippen LogP contribution in [0, 0.1) is 5.92 Å². The first-order valence-corrected chi connectivity index (χ1v) is 7.90. The number of carbonyl (C=O) groups excluding carboxylic acids is 2. The number of benzene rings is 1. The molecule has 1 aromatic rings. The van der Waals surface area contributed by atoms with Gasteiger partial charge in [0.2, 0.25) is 0 Å². The van der Waals surface area contributed by atoms with Crippen LogP contribution in [-0.4, -0.2) is 32.1 Å². The molecule has 1 aliphatic rings. The summed E-state index contributed by atoms with van der Waals surface area (Å²) in [4.78, 5) is 23.3. The third kappa shape index (κ3) is 5.77. The first-order chi connectivity index (χ1) is 11.2. The molecule has 5 heteroatoms. The standard InChI is InChI=1S/C18H23NO4/c1-22-16-9-5-4-8-15(16)10-11-19-17(20)13-23-18(21)12-14-6-2-3-7-14/h2,4-6,8-9,14H,3,7,10-13H2,1H3,(H,19,20)/t14-/m0/s1. The van der Waals surface area contributed by atoms with E-state index in [-0.39, 0.29) is 24.4 Å². The summed E-state index contributed by atoms with van der Waals surface area (Å²) in [6.45, 7) is 0.253. The van der Waals surface area contributed by atoms with Crippen LogP contribution in [0.15, 0.2) is 36.4 Å². The van der Waals surface area contributed by atoms with Gasteiger partial charge in [-0.2, -0.15) is 0 Å². The number of rotatable bonds is 8. The van der Waals surface area contributed by atoms with Gasteiger partial charge in [-0.1, -0.05) is 30.4 Å². The minimum atomic E-state index is -0.318. The van der Waals surface area contributed by atoms with Gasteiger partial charge < -0.3 is 14.8 Å². The summed E-state index contributed by atoms with van der Waals surface area (Å²) in [7, 11) is 1.62. The van der Waals surface area contributed by atoms with Gasteiger partial charge in [-0.25, -0.2) is 0 Å². The van der Waals surface area contributed by atoms with Crippen molar-refractivity contribution in [3.8, 4) is 5.75 Å². The quantitative estimate of drug-likeness (QED) is 0.590. The SMILES string of the molecule is COc1ccccc1CCNC(=O)COC(=O)C[C@H]1C=CCC1. The Hall–Kier alpha value is -2.30. The van der Waals surface area contributed by atoms with E-state index < -0.39 is 0 Å². The van der Waals surface area contributed by atoms with E-state index in [1.165, 1.54) is 0 Å². The average Bonchev–Trinajstić information content (AvgIpc) is 3.06. The molecule has 0 bridgehead atoms. The molecule has 1 N–H and O–H groups in total. The lowest BCUT2D eigenvalue weighted by Crippen LogP contribution is -2.30. The molecule has 0 fully saturated rings. The zero-order valence-electron chi connectivity index (χ0n) is 13.4.